The monoisotopic (exact) mass is 686 g/mol. The van der Waals surface area contributed by atoms with Gasteiger partial charge in [0.2, 0.25) is 0 Å². The average Bonchev–Trinajstić information content (AvgIpc) is 3.30. The Labute approximate surface area is 264 Å². The molecule has 0 radical (unpaired) electrons. The van der Waals surface area contributed by atoms with Crippen LogP contribution in [0.25, 0.3) is 6.08 Å². The van der Waals surface area contributed by atoms with Crippen molar-refractivity contribution in [1.29, 1.82) is 0 Å². The lowest BCUT2D eigenvalue weighted by Gasteiger charge is -2.25. The number of methoxy groups -OCH3 is 2. The predicted octanol–water partition coefficient (Wildman–Crippen LogP) is 6.46. The van der Waals surface area contributed by atoms with Crippen LogP contribution in [0, 0.1) is 0 Å². The molecule has 0 spiro atoms. The molecule has 0 saturated carbocycles. The average molecular weight is 688 g/mol. The van der Waals surface area contributed by atoms with Crippen LogP contribution in [0.5, 0.6) is 11.5 Å². The van der Waals surface area contributed by atoms with E-state index in [0.717, 1.165) is 11.1 Å². The van der Waals surface area contributed by atoms with Crippen LogP contribution in [0.2, 0.25) is 10.0 Å². The first-order valence-corrected chi connectivity index (χ1v) is 15.2. The number of carbonyl (C=O) groups excluding carboxylic acids is 1. The number of ether oxygens (including phenoxy) is 3. The van der Waals surface area contributed by atoms with Gasteiger partial charge in [0, 0.05) is 15.6 Å². The summed E-state index contributed by atoms with van der Waals surface area (Å²) in [5.74, 6) is 0.446. The molecule has 0 unspecified atom stereocenters. The van der Waals surface area contributed by atoms with Gasteiger partial charge in [-0.15, -0.1) is 0 Å². The van der Waals surface area contributed by atoms with Crippen LogP contribution in [-0.2, 0) is 16.1 Å². The van der Waals surface area contributed by atoms with Gasteiger partial charge in [-0.2, -0.15) is 0 Å². The number of allylic oxidation sites excluding steroid dienone is 1. The molecule has 0 bridgehead atoms. The van der Waals surface area contributed by atoms with Gasteiger partial charge in [0.25, 0.3) is 5.56 Å². The largest absolute Gasteiger partial charge is 0.493 e. The van der Waals surface area contributed by atoms with Gasteiger partial charge < -0.3 is 14.2 Å². The van der Waals surface area contributed by atoms with Crippen molar-refractivity contribution in [1.82, 2.24) is 4.57 Å². The smallest absolute Gasteiger partial charge is 0.338 e. The quantitative estimate of drug-likeness (QED) is 0.199. The summed E-state index contributed by atoms with van der Waals surface area (Å²) < 4.78 is 19.4. The molecule has 0 saturated heterocycles. The molecule has 5 rings (SSSR count). The Morgan fingerprint density at radius 1 is 1.12 bits per heavy atom. The summed E-state index contributed by atoms with van der Waals surface area (Å²) in [6.07, 6.45) is 2.28. The van der Waals surface area contributed by atoms with Gasteiger partial charge in [0.1, 0.15) is 6.61 Å². The van der Waals surface area contributed by atoms with E-state index in [1.807, 2.05) is 43.3 Å². The summed E-state index contributed by atoms with van der Waals surface area (Å²) in [5, 5.41) is 1.04. The van der Waals surface area contributed by atoms with Crippen molar-refractivity contribution in [3.63, 3.8) is 0 Å². The second kappa shape index (κ2) is 12.9. The Morgan fingerprint density at radius 3 is 2.55 bits per heavy atom. The molecule has 2 heterocycles. The SMILES string of the molecule is CCC1=C(C(=O)OC)[C@@H](c2ccccc2)n2c(s/c(=C\c3cc(Br)c(OCc4ccc(Cl)cc4Cl)c(OC)c3)c2=O)=N1. The van der Waals surface area contributed by atoms with E-state index in [4.69, 9.17) is 42.4 Å². The summed E-state index contributed by atoms with van der Waals surface area (Å²) in [7, 11) is 2.88. The molecule has 4 aromatic rings. The fourth-order valence-electron chi connectivity index (χ4n) is 4.72. The third-order valence-corrected chi connectivity index (χ3v) is 8.86. The van der Waals surface area contributed by atoms with Crippen molar-refractivity contribution in [3.8, 4) is 11.5 Å². The zero-order chi connectivity index (χ0) is 30.0. The van der Waals surface area contributed by atoms with Crippen molar-refractivity contribution in [2.75, 3.05) is 14.2 Å². The minimum absolute atomic E-state index is 0.199. The van der Waals surface area contributed by atoms with Gasteiger partial charge in [-0.1, -0.05) is 77.9 Å². The number of esters is 1. The number of nitrogens with zero attached hydrogens (tertiary/aromatic N) is 2. The molecule has 7 nitrogen and oxygen atoms in total. The molecule has 0 fully saturated rings. The van der Waals surface area contributed by atoms with Crippen LogP contribution in [0.1, 0.15) is 36.1 Å². The molecule has 0 aliphatic carbocycles. The summed E-state index contributed by atoms with van der Waals surface area (Å²) in [5.41, 5.74) is 2.95. The first-order chi connectivity index (χ1) is 20.2. The van der Waals surface area contributed by atoms with Gasteiger partial charge in [0.15, 0.2) is 16.3 Å². The number of aromatic nitrogens is 1. The number of fused-ring (bicyclic) bond motifs is 1. The van der Waals surface area contributed by atoms with Gasteiger partial charge in [0.05, 0.1) is 40.5 Å². The van der Waals surface area contributed by atoms with Gasteiger partial charge in [-0.25, -0.2) is 9.79 Å². The highest BCUT2D eigenvalue weighted by molar-refractivity contribution is 9.10. The van der Waals surface area contributed by atoms with Crippen LogP contribution in [-0.4, -0.2) is 24.8 Å². The van der Waals surface area contributed by atoms with E-state index in [0.29, 0.717) is 58.6 Å². The highest BCUT2D eigenvalue weighted by Crippen LogP contribution is 2.38. The fourth-order valence-corrected chi connectivity index (χ4v) is 6.78. The molecule has 216 valence electrons. The van der Waals surface area contributed by atoms with Crippen LogP contribution in [0.4, 0.5) is 0 Å². The summed E-state index contributed by atoms with van der Waals surface area (Å²) in [6.45, 7) is 2.12. The molecular formula is C31H25BrCl2N2O5S. The number of benzene rings is 3. The molecule has 1 aliphatic rings. The summed E-state index contributed by atoms with van der Waals surface area (Å²) in [4.78, 5) is 32.1. The lowest BCUT2D eigenvalue weighted by atomic mass is 9.95. The summed E-state index contributed by atoms with van der Waals surface area (Å²) in [6, 6.07) is 17.6. The van der Waals surface area contributed by atoms with E-state index in [1.54, 1.807) is 42.0 Å². The topological polar surface area (TPSA) is 79.1 Å². The van der Waals surface area contributed by atoms with Crippen molar-refractivity contribution >= 4 is 62.5 Å². The van der Waals surface area contributed by atoms with Gasteiger partial charge >= 0.3 is 5.97 Å². The van der Waals surface area contributed by atoms with Crippen molar-refractivity contribution in [3.05, 3.63) is 123 Å². The van der Waals surface area contributed by atoms with E-state index in [2.05, 4.69) is 15.9 Å². The van der Waals surface area contributed by atoms with E-state index in [9.17, 15) is 9.59 Å². The number of carbonyl (C=O) groups is 1. The van der Waals surface area contributed by atoms with E-state index >= 15 is 0 Å². The highest BCUT2D eigenvalue weighted by Gasteiger charge is 2.33. The van der Waals surface area contributed by atoms with E-state index in [-0.39, 0.29) is 12.2 Å². The Hall–Kier alpha value is -3.37. The van der Waals surface area contributed by atoms with E-state index < -0.39 is 12.0 Å². The Morgan fingerprint density at radius 2 is 1.88 bits per heavy atom. The Kier molecular flexibility index (Phi) is 9.22. The first kappa shape index (κ1) is 30.1. The molecule has 0 amide bonds. The second-order valence-electron chi connectivity index (χ2n) is 9.26. The molecule has 3 aromatic carbocycles. The zero-order valence-electron chi connectivity index (χ0n) is 22.8. The molecule has 1 aromatic heterocycles. The van der Waals surface area contributed by atoms with Gasteiger partial charge in [-0.3, -0.25) is 9.36 Å². The maximum atomic E-state index is 13.9. The number of hydrogen-bond acceptors (Lipinski definition) is 7. The molecule has 1 aliphatic heterocycles. The molecule has 1 atom stereocenters. The zero-order valence-corrected chi connectivity index (χ0v) is 26.7. The van der Waals surface area contributed by atoms with Crippen LogP contribution in [0.15, 0.2) is 86.2 Å². The standard InChI is InChI=1S/C31H25BrCl2N2O5S/c1-4-23-26(30(38)40-3)27(18-8-6-5-7-9-18)36-29(37)25(42-31(36)35-23)14-17-12-21(32)28(24(13-17)39-2)41-16-19-10-11-20(33)15-22(19)34/h5-15,27H,4,16H2,1-3H3/b25-14-/t27-/m1/s1. The first-order valence-electron chi connectivity index (χ1n) is 12.9. The second-order valence-corrected chi connectivity index (χ2v) is 12.0. The lowest BCUT2D eigenvalue weighted by Crippen LogP contribution is -2.40. The maximum absolute atomic E-state index is 13.9. The van der Waals surface area contributed by atoms with Crippen LogP contribution >= 0.6 is 50.5 Å². The number of halogens is 3. The van der Waals surface area contributed by atoms with Crippen LogP contribution < -0.4 is 24.4 Å². The normalized spacial score (nSPS) is 14.8. The van der Waals surface area contributed by atoms with Crippen molar-refractivity contribution in [2.24, 2.45) is 4.99 Å². The molecule has 11 heteroatoms. The maximum Gasteiger partial charge on any atom is 0.338 e. The lowest BCUT2D eigenvalue weighted by molar-refractivity contribution is -0.136. The predicted molar refractivity (Wildman–Crippen MR) is 168 cm³/mol. The van der Waals surface area contributed by atoms with Gasteiger partial charge in [-0.05, 0) is 63.8 Å². The molecule has 42 heavy (non-hydrogen) atoms. The third kappa shape index (κ3) is 5.92. The Balaban J connectivity index is 1.58. The minimum atomic E-state index is -0.663. The number of thiazole rings is 1. The summed E-state index contributed by atoms with van der Waals surface area (Å²) >= 11 is 17.2. The fraction of sp³-hybridized carbons (Fsp3) is 0.194. The third-order valence-electron chi connectivity index (χ3n) is 6.70. The number of hydrogen-bond donors (Lipinski definition) is 0. The number of rotatable bonds is 8. The Bertz CT molecular complexity index is 1890. The molecule has 0 N–H and O–H groups in total. The van der Waals surface area contributed by atoms with Crippen molar-refractivity contribution < 1.29 is 19.0 Å². The molecular weight excluding hydrogens is 663 g/mol. The van der Waals surface area contributed by atoms with Crippen molar-refractivity contribution in [2.45, 2.75) is 26.0 Å². The highest BCUT2D eigenvalue weighted by atomic mass is 79.9. The minimum Gasteiger partial charge on any atom is -0.493 e. The van der Waals surface area contributed by atoms with E-state index in [1.165, 1.54) is 18.4 Å². The van der Waals surface area contributed by atoms with Crippen LogP contribution in [0.3, 0.4) is 0 Å².